The van der Waals surface area contributed by atoms with Crippen molar-refractivity contribution in [2.45, 2.75) is 32.9 Å². The van der Waals surface area contributed by atoms with E-state index in [0.717, 1.165) is 20.8 Å². The lowest BCUT2D eigenvalue weighted by atomic mass is 10.1. The molecule has 0 aliphatic rings. The van der Waals surface area contributed by atoms with Gasteiger partial charge in [0.25, 0.3) is 0 Å². The fraction of sp³-hybridized carbons (Fsp3) is 0.368. The van der Waals surface area contributed by atoms with Crippen LogP contribution in [0.15, 0.2) is 34.8 Å². The average Bonchev–Trinajstić information content (AvgIpc) is 2.57. The number of esters is 1. The highest BCUT2D eigenvalue weighted by atomic mass is 79.9. The molecule has 2 aromatic carbocycles. The molecule has 0 atom stereocenters. The predicted molar refractivity (Wildman–Crippen MR) is 102 cm³/mol. The number of fused-ring (bicyclic) bond motifs is 1. The molecule has 0 aliphatic carbocycles. The van der Waals surface area contributed by atoms with E-state index in [4.69, 9.17) is 9.47 Å². The van der Waals surface area contributed by atoms with Crippen molar-refractivity contribution >= 4 is 38.8 Å². The van der Waals surface area contributed by atoms with E-state index in [1.54, 1.807) is 6.07 Å². The molecule has 6 nitrogen and oxygen atoms in total. The number of benzene rings is 2. The van der Waals surface area contributed by atoms with E-state index in [2.05, 4.69) is 26.0 Å². The van der Waals surface area contributed by atoms with Crippen molar-refractivity contribution < 1.29 is 23.8 Å². The van der Waals surface area contributed by atoms with Crippen molar-refractivity contribution in [3.05, 3.63) is 40.4 Å². The molecule has 0 bridgehead atoms. The van der Waals surface area contributed by atoms with Crippen LogP contribution >= 0.6 is 15.9 Å². The molecule has 140 valence electrons. The molecular weight excluding hydrogens is 402 g/mol. The molecule has 26 heavy (non-hydrogen) atoms. The Morgan fingerprint density at radius 2 is 1.88 bits per heavy atom. The Hall–Kier alpha value is -2.28. The second-order valence-electron chi connectivity index (χ2n) is 6.65. The molecule has 0 spiro atoms. The zero-order valence-corrected chi connectivity index (χ0v) is 16.8. The maximum Gasteiger partial charge on any atom is 0.407 e. The van der Waals surface area contributed by atoms with Crippen molar-refractivity contribution in [1.29, 1.82) is 0 Å². The summed E-state index contributed by atoms with van der Waals surface area (Å²) in [5.41, 5.74) is 0.414. The molecule has 7 heteroatoms. The van der Waals surface area contributed by atoms with Gasteiger partial charge in [-0.25, -0.2) is 9.59 Å². The Labute approximate surface area is 160 Å². The monoisotopic (exact) mass is 423 g/mol. The van der Waals surface area contributed by atoms with Crippen LogP contribution in [0.2, 0.25) is 0 Å². The van der Waals surface area contributed by atoms with Crippen LogP contribution in [0.4, 0.5) is 4.79 Å². The zero-order chi connectivity index (χ0) is 19.3. The van der Waals surface area contributed by atoms with Gasteiger partial charge in [-0.1, -0.05) is 18.2 Å². The molecule has 0 heterocycles. The number of alkyl carbamates (subject to hydrolysis) is 1. The Bertz CT molecular complexity index is 813. The first-order valence-electron chi connectivity index (χ1n) is 8.07. The van der Waals surface area contributed by atoms with E-state index in [0.29, 0.717) is 12.3 Å². The van der Waals surface area contributed by atoms with Crippen LogP contribution in [0.3, 0.4) is 0 Å². The summed E-state index contributed by atoms with van der Waals surface area (Å²) in [6.45, 7) is 5.67. The lowest BCUT2D eigenvalue weighted by molar-refractivity contribution is -0.142. The third-order valence-electron chi connectivity index (χ3n) is 3.39. The van der Waals surface area contributed by atoms with E-state index in [1.165, 1.54) is 7.11 Å². The van der Waals surface area contributed by atoms with Gasteiger partial charge in [0.05, 0.1) is 11.6 Å². The van der Waals surface area contributed by atoms with Crippen LogP contribution in [-0.4, -0.2) is 31.4 Å². The lowest BCUT2D eigenvalue weighted by Gasteiger charge is -2.19. The number of halogens is 1. The van der Waals surface area contributed by atoms with Crippen LogP contribution in [0.1, 0.15) is 26.3 Å². The summed E-state index contributed by atoms with van der Waals surface area (Å²) >= 11 is 3.51. The van der Waals surface area contributed by atoms with E-state index in [1.807, 2.05) is 45.0 Å². The van der Waals surface area contributed by atoms with Gasteiger partial charge in [-0.15, -0.1) is 0 Å². The minimum atomic E-state index is -0.529. The first-order chi connectivity index (χ1) is 12.2. The highest BCUT2D eigenvalue weighted by Gasteiger charge is 2.16. The number of ether oxygens (including phenoxy) is 3. The summed E-state index contributed by atoms with van der Waals surface area (Å²) in [5.74, 6) is 0.114. The van der Waals surface area contributed by atoms with Crippen molar-refractivity contribution in [3.63, 3.8) is 0 Å². The lowest BCUT2D eigenvalue weighted by Crippen LogP contribution is -2.32. The van der Waals surface area contributed by atoms with Crippen molar-refractivity contribution in [2.24, 2.45) is 0 Å². The number of carbonyl (C=O) groups excluding carboxylic acids is 2. The first-order valence-corrected chi connectivity index (χ1v) is 8.86. The largest absolute Gasteiger partial charge is 0.481 e. The topological polar surface area (TPSA) is 73.9 Å². The minimum absolute atomic E-state index is 0.154. The van der Waals surface area contributed by atoms with Gasteiger partial charge in [-0.3, -0.25) is 0 Å². The summed E-state index contributed by atoms with van der Waals surface area (Å²) in [6.07, 6.45) is -0.453. The smallest absolute Gasteiger partial charge is 0.407 e. The molecule has 1 amide bonds. The van der Waals surface area contributed by atoms with Gasteiger partial charge >= 0.3 is 12.1 Å². The SMILES string of the molecule is COC(=O)COc1ccc2cc(CNC(=O)OC(C)(C)C)ccc2c1Br. The van der Waals surface area contributed by atoms with Gasteiger partial charge in [0.1, 0.15) is 11.4 Å². The van der Waals surface area contributed by atoms with Gasteiger partial charge in [0.15, 0.2) is 6.61 Å². The molecule has 2 aromatic rings. The molecule has 0 fully saturated rings. The molecule has 1 N–H and O–H groups in total. The molecular formula is C19H22BrNO5. The van der Waals surface area contributed by atoms with Gasteiger partial charge < -0.3 is 19.5 Å². The molecule has 0 aromatic heterocycles. The van der Waals surface area contributed by atoms with Gasteiger partial charge in [-0.2, -0.15) is 0 Å². The van der Waals surface area contributed by atoms with Crippen LogP contribution < -0.4 is 10.1 Å². The van der Waals surface area contributed by atoms with Gasteiger partial charge in [0, 0.05) is 6.54 Å². The second kappa shape index (κ2) is 8.40. The number of carbonyl (C=O) groups is 2. The van der Waals surface area contributed by atoms with E-state index < -0.39 is 17.7 Å². The first kappa shape index (κ1) is 20.0. The van der Waals surface area contributed by atoms with Crippen molar-refractivity contribution in [1.82, 2.24) is 5.32 Å². The number of nitrogens with one attached hydrogen (secondary N) is 1. The van der Waals surface area contributed by atoms with Crippen LogP contribution in [0.25, 0.3) is 10.8 Å². The maximum absolute atomic E-state index is 11.8. The fourth-order valence-corrected chi connectivity index (χ4v) is 2.83. The normalized spacial score (nSPS) is 11.1. The molecule has 0 saturated heterocycles. The summed E-state index contributed by atoms with van der Waals surface area (Å²) in [4.78, 5) is 23.0. The number of rotatable bonds is 5. The zero-order valence-electron chi connectivity index (χ0n) is 15.2. The Balaban J connectivity index is 2.09. The van der Waals surface area contributed by atoms with E-state index >= 15 is 0 Å². The van der Waals surface area contributed by atoms with Gasteiger partial charge in [0.2, 0.25) is 0 Å². The molecule has 0 unspecified atom stereocenters. The van der Waals surface area contributed by atoms with Gasteiger partial charge in [-0.05, 0) is 65.2 Å². The molecule has 2 rings (SSSR count). The molecule has 0 saturated carbocycles. The summed E-state index contributed by atoms with van der Waals surface area (Å²) in [5, 5.41) is 4.65. The third kappa shape index (κ3) is 5.62. The quantitative estimate of drug-likeness (QED) is 0.730. The highest BCUT2D eigenvalue weighted by molar-refractivity contribution is 9.10. The van der Waals surface area contributed by atoms with Crippen LogP contribution in [0, 0.1) is 0 Å². The summed E-state index contributed by atoms with van der Waals surface area (Å²) in [6, 6.07) is 9.48. The third-order valence-corrected chi connectivity index (χ3v) is 4.21. The number of amides is 1. The Kier molecular flexibility index (Phi) is 6.47. The van der Waals surface area contributed by atoms with Crippen LogP contribution in [-0.2, 0) is 20.8 Å². The average molecular weight is 424 g/mol. The number of hydrogen-bond acceptors (Lipinski definition) is 5. The summed E-state index contributed by atoms with van der Waals surface area (Å²) < 4.78 is 16.0. The molecule has 0 radical (unpaired) electrons. The number of methoxy groups -OCH3 is 1. The van der Waals surface area contributed by atoms with E-state index in [9.17, 15) is 9.59 Å². The Morgan fingerprint density at radius 1 is 1.15 bits per heavy atom. The van der Waals surface area contributed by atoms with Crippen molar-refractivity contribution in [3.8, 4) is 5.75 Å². The maximum atomic E-state index is 11.8. The predicted octanol–water partition coefficient (Wildman–Crippen LogP) is 4.18. The number of hydrogen-bond donors (Lipinski definition) is 1. The fourth-order valence-electron chi connectivity index (χ4n) is 2.23. The van der Waals surface area contributed by atoms with E-state index in [-0.39, 0.29) is 6.61 Å². The minimum Gasteiger partial charge on any atom is -0.481 e. The summed E-state index contributed by atoms with van der Waals surface area (Å²) in [7, 11) is 1.31. The molecule has 0 aliphatic heterocycles. The highest BCUT2D eigenvalue weighted by Crippen LogP contribution is 2.33. The standard InChI is InChI=1S/C19H22BrNO5/c1-19(2,3)26-18(23)21-10-12-5-7-14-13(9-12)6-8-15(17(14)20)25-11-16(22)24-4/h5-9H,10-11H2,1-4H3,(H,21,23). The van der Waals surface area contributed by atoms with Crippen LogP contribution in [0.5, 0.6) is 5.75 Å². The Morgan fingerprint density at radius 3 is 2.54 bits per heavy atom. The second-order valence-corrected chi connectivity index (χ2v) is 7.45. The van der Waals surface area contributed by atoms with Crippen molar-refractivity contribution in [2.75, 3.05) is 13.7 Å².